The predicted molar refractivity (Wildman–Crippen MR) is 85.2 cm³/mol. The third-order valence-corrected chi connectivity index (χ3v) is 3.27. The van der Waals surface area contributed by atoms with Gasteiger partial charge in [0, 0.05) is 5.70 Å². The van der Waals surface area contributed by atoms with Gasteiger partial charge in [-0.15, -0.1) is 0 Å². The minimum absolute atomic E-state index is 0.178. The van der Waals surface area contributed by atoms with Crippen molar-refractivity contribution in [1.82, 2.24) is 0 Å². The van der Waals surface area contributed by atoms with E-state index in [2.05, 4.69) is 0 Å². The lowest BCUT2D eigenvalue weighted by atomic mass is 10.0. The van der Waals surface area contributed by atoms with Crippen LogP contribution in [0.3, 0.4) is 0 Å². The van der Waals surface area contributed by atoms with Crippen LogP contribution in [0.25, 0.3) is 5.70 Å². The topological polar surface area (TPSA) is 107 Å². The summed E-state index contributed by atoms with van der Waals surface area (Å²) in [4.78, 5) is 10.8. The predicted octanol–water partition coefficient (Wildman–Crippen LogP) is 2.77. The number of allylic oxidation sites excluding steroid dienone is 1. The van der Waals surface area contributed by atoms with Gasteiger partial charge in [0.05, 0.1) is 11.3 Å². The number of aryl methyl sites for hydroxylation is 1. The summed E-state index contributed by atoms with van der Waals surface area (Å²) in [7, 11) is 0. The summed E-state index contributed by atoms with van der Waals surface area (Å²) in [5.41, 5.74) is 8.67. The van der Waals surface area contributed by atoms with Gasteiger partial charge in [0.25, 0.3) is 0 Å². The highest BCUT2D eigenvalue weighted by atomic mass is 16.4. The molecule has 2 rings (SSSR count). The fraction of sp³-hybridized carbons (Fsp3) is 0.0588. The molecule has 22 heavy (non-hydrogen) atoms. The molecule has 112 valence electrons. The van der Waals surface area contributed by atoms with Crippen molar-refractivity contribution in [3.63, 3.8) is 0 Å². The molecule has 0 bridgehead atoms. The zero-order valence-corrected chi connectivity index (χ0v) is 12.0. The molecular formula is C17H16N2O3. The van der Waals surface area contributed by atoms with Gasteiger partial charge in [-0.25, -0.2) is 4.79 Å². The van der Waals surface area contributed by atoms with Gasteiger partial charge >= 0.3 is 5.97 Å². The van der Waals surface area contributed by atoms with E-state index in [0.29, 0.717) is 22.4 Å². The molecule has 2 aromatic rings. The second-order valence-corrected chi connectivity index (χ2v) is 4.90. The number of hydrogen-bond donors (Lipinski definition) is 4. The van der Waals surface area contributed by atoms with Crippen LogP contribution in [0.15, 0.2) is 48.5 Å². The Morgan fingerprint density at radius 3 is 2.18 bits per heavy atom. The Bertz CT molecular complexity index is 762. The zero-order valence-electron chi connectivity index (χ0n) is 12.0. The van der Waals surface area contributed by atoms with Gasteiger partial charge < -0.3 is 21.4 Å². The van der Waals surface area contributed by atoms with Gasteiger partial charge in [0.15, 0.2) is 0 Å². The van der Waals surface area contributed by atoms with Crippen molar-refractivity contribution >= 4 is 17.4 Å². The van der Waals surface area contributed by atoms with E-state index in [0.717, 1.165) is 0 Å². The molecule has 0 amide bonds. The first-order chi connectivity index (χ1) is 10.4. The van der Waals surface area contributed by atoms with Gasteiger partial charge in [-0.2, -0.15) is 0 Å². The Morgan fingerprint density at radius 1 is 1.09 bits per heavy atom. The van der Waals surface area contributed by atoms with Gasteiger partial charge in [0.2, 0.25) is 0 Å². The first-order valence-corrected chi connectivity index (χ1v) is 6.58. The Labute approximate surface area is 127 Å². The van der Waals surface area contributed by atoms with Crippen LogP contribution in [-0.4, -0.2) is 21.9 Å². The number of rotatable bonds is 4. The summed E-state index contributed by atoms with van der Waals surface area (Å²) in [6, 6.07) is 11.0. The fourth-order valence-corrected chi connectivity index (χ4v) is 1.95. The van der Waals surface area contributed by atoms with Crippen molar-refractivity contribution in [2.45, 2.75) is 6.92 Å². The Kier molecular flexibility index (Phi) is 4.27. The van der Waals surface area contributed by atoms with Crippen LogP contribution in [0.4, 0.5) is 0 Å². The van der Waals surface area contributed by atoms with Crippen molar-refractivity contribution in [2.75, 3.05) is 0 Å². The Balaban J connectivity index is 2.25. The quantitative estimate of drug-likeness (QED) is 0.651. The molecule has 0 aliphatic rings. The number of nitrogens with two attached hydrogens (primary N) is 1. The Hall–Kier alpha value is -3.08. The van der Waals surface area contributed by atoms with Crippen LogP contribution >= 0.6 is 0 Å². The number of carbonyl (C=O) groups is 1. The summed E-state index contributed by atoms with van der Waals surface area (Å²) in [5.74, 6) is -0.820. The average Bonchev–Trinajstić information content (AvgIpc) is 2.50. The molecule has 5 N–H and O–H groups in total. The lowest BCUT2D eigenvalue weighted by Crippen LogP contribution is -2.03. The van der Waals surface area contributed by atoms with Crippen LogP contribution in [-0.2, 0) is 0 Å². The molecule has 0 radical (unpaired) electrons. The Morgan fingerprint density at radius 2 is 1.64 bits per heavy atom. The molecule has 0 aliphatic heterocycles. The van der Waals surface area contributed by atoms with E-state index in [1.54, 1.807) is 31.2 Å². The molecule has 0 saturated carbocycles. The number of carboxylic acid groups (broad SMARTS) is 1. The van der Waals surface area contributed by atoms with Crippen molar-refractivity contribution < 1.29 is 15.0 Å². The number of phenolic OH excluding ortho intramolecular Hbond substituents is 1. The minimum Gasteiger partial charge on any atom is -0.508 e. The summed E-state index contributed by atoms with van der Waals surface area (Å²) < 4.78 is 0. The summed E-state index contributed by atoms with van der Waals surface area (Å²) in [6.45, 7) is 1.75. The van der Waals surface area contributed by atoms with Gasteiger partial charge in [-0.1, -0.05) is 12.1 Å². The number of phenols is 1. The second kappa shape index (κ2) is 6.13. The number of benzene rings is 2. The molecule has 0 saturated heterocycles. The van der Waals surface area contributed by atoms with Crippen LogP contribution in [0, 0.1) is 12.3 Å². The van der Waals surface area contributed by atoms with E-state index in [1.807, 2.05) is 0 Å². The zero-order chi connectivity index (χ0) is 16.3. The van der Waals surface area contributed by atoms with Crippen LogP contribution in [0.5, 0.6) is 5.75 Å². The summed E-state index contributed by atoms with van der Waals surface area (Å²) >= 11 is 0. The molecule has 0 heterocycles. The molecule has 0 fully saturated rings. The maximum Gasteiger partial charge on any atom is 0.335 e. The fourth-order valence-electron chi connectivity index (χ4n) is 1.95. The summed E-state index contributed by atoms with van der Waals surface area (Å²) in [5, 5.41) is 26.4. The van der Waals surface area contributed by atoms with Gasteiger partial charge in [-0.3, -0.25) is 0 Å². The van der Waals surface area contributed by atoms with E-state index in [9.17, 15) is 9.90 Å². The van der Waals surface area contributed by atoms with E-state index in [4.69, 9.17) is 16.2 Å². The van der Waals surface area contributed by atoms with Crippen molar-refractivity contribution in [3.8, 4) is 5.75 Å². The van der Waals surface area contributed by atoms with E-state index in [1.165, 1.54) is 24.3 Å². The van der Waals surface area contributed by atoms with Crippen LogP contribution in [0.2, 0.25) is 0 Å². The molecule has 2 aromatic carbocycles. The molecule has 0 atom stereocenters. The number of nitrogens with one attached hydrogen (secondary N) is 1. The average molecular weight is 296 g/mol. The third-order valence-electron chi connectivity index (χ3n) is 3.27. The molecule has 5 heteroatoms. The van der Waals surface area contributed by atoms with E-state index < -0.39 is 5.97 Å². The molecule has 0 aliphatic carbocycles. The van der Waals surface area contributed by atoms with Crippen molar-refractivity contribution in [2.24, 2.45) is 5.73 Å². The third kappa shape index (κ3) is 3.32. The number of aromatic hydroxyl groups is 1. The number of hydrogen-bond acceptors (Lipinski definition) is 4. The second-order valence-electron chi connectivity index (χ2n) is 4.90. The maximum absolute atomic E-state index is 10.8. The highest BCUT2D eigenvalue weighted by Crippen LogP contribution is 2.18. The smallest absolute Gasteiger partial charge is 0.335 e. The number of carboxylic acids is 1. The highest BCUT2D eigenvalue weighted by molar-refractivity contribution is 6.10. The first kappa shape index (κ1) is 15.3. The van der Waals surface area contributed by atoms with Crippen LogP contribution in [0.1, 0.15) is 27.0 Å². The van der Waals surface area contributed by atoms with Gasteiger partial charge in [0.1, 0.15) is 5.75 Å². The highest BCUT2D eigenvalue weighted by Gasteiger charge is 2.06. The van der Waals surface area contributed by atoms with Crippen molar-refractivity contribution in [3.05, 3.63) is 70.8 Å². The van der Waals surface area contributed by atoms with E-state index >= 15 is 0 Å². The van der Waals surface area contributed by atoms with E-state index in [-0.39, 0.29) is 17.0 Å². The molecule has 0 spiro atoms. The molecule has 0 aromatic heterocycles. The molecule has 0 unspecified atom stereocenters. The minimum atomic E-state index is -0.999. The SMILES string of the molecule is Cc1cc(C(=N)/C=C(\N)c2ccc(C(=O)O)cc2)ccc1O. The molecule has 5 nitrogen and oxygen atoms in total. The van der Waals surface area contributed by atoms with Crippen LogP contribution < -0.4 is 5.73 Å². The largest absolute Gasteiger partial charge is 0.508 e. The standard InChI is InChI=1S/C17H16N2O3/c1-10-8-13(6-7-16(10)20)15(19)9-14(18)11-2-4-12(5-3-11)17(21)22/h2-9,19-20H,18H2,1H3,(H,21,22)/b14-9-,19-15?. The lowest BCUT2D eigenvalue weighted by molar-refractivity contribution is 0.0697. The summed E-state index contributed by atoms with van der Waals surface area (Å²) in [6.07, 6.45) is 1.50. The maximum atomic E-state index is 10.8. The normalized spacial score (nSPS) is 11.2. The lowest BCUT2D eigenvalue weighted by Gasteiger charge is -2.06. The van der Waals surface area contributed by atoms with Gasteiger partial charge in [-0.05, 0) is 60.0 Å². The first-order valence-electron chi connectivity index (χ1n) is 6.58. The molecular weight excluding hydrogens is 280 g/mol. The number of aromatic carboxylic acids is 1. The monoisotopic (exact) mass is 296 g/mol. The van der Waals surface area contributed by atoms with Crippen molar-refractivity contribution in [1.29, 1.82) is 5.41 Å².